The number of benzene rings is 2. The Morgan fingerprint density at radius 3 is 2.56 bits per heavy atom. The van der Waals surface area contributed by atoms with E-state index in [1.807, 2.05) is 0 Å². The Balaban J connectivity index is 1.98. The summed E-state index contributed by atoms with van der Waals surface area (Å²) in [5, 5.41) is 8.23. The molecule has 2 aromatic carbocycles. The van der Waals surface area contributed by atoms with Crippen LogP contribution in [-0.2, 0) is 10.0 Å². The first-order valence-electron chi connectivity index (χ1n) is 7.23. The van der Waals surface area contributed by atoms with Crippen molar-refractivity contribution >= 4 is 32.6 Å². The fourth-order valence-electron chi connectivity index (χ4n) is 2.40. The highest BCUT2D eigenvalue weighted by Crippen LogP contribution is 2.20. The zero-order chi connectivity index (χ0) is 18.2. The molecule has 25 heavy (non-hydrogen) atoms. The number of primary sulfonamides is 1. The Morgan fingerprint density at radius 2 is 1.84 bits per heavy atom. The Kier molecular flexibility index (Phi) is 4.15. The smallest absolute Gasteiger partial charge is 0.349 e. The van der Waals surface area contributed by atoms with Gasteiger partial charge in [0.15, 0.2) is 0 Å². The number of carbonyl (C=O) groups excluding carboxylic acids is 1. The number of hydrogen-bond donors (Lipinski definition) is 2. The topological polar surface area (TPSA) is 119 Å². The number of rotatable bonds is 3. The second kappa shape index (κ2) is 6.15. The number of sulfonamides is 1. The first-order chi connectivity index (χ1) is 11.8. The summed E-state index contributed by atoms with van der Waals surface area (Å²) in [6.45, 7) is 1.59. The zero-order valence-electron chi connectivity index (χ0n) is 13.1. The maximum atomic E-state index is 12.4. The largest absolute Gasteiger partial charge is 0.422 e. The van der Waals surface area contributed by atoms with Gasteiger partial charge in [0.2, 0.25) is 10.0 Å². The van der Waals surface area contributed by atoms with Crippen molar-refractivity contribution in [3.05, 3.63) is 70.1 Å². The quantitative estimate of drug-likeness (QED) is 0.694. The molecule has 1 aromatic heterocycles. The molecule has 3 aromatic rings. The van der Waals surface area contributed by atoms with E-state index in [4.69, 9.17) is 9.56 Å². The summed E-state index contributed by atoms with van der Waals surface area (Å²) >= 11 is 0. The molecule has 0 radical (unpaired) electrons. The SMILES string of the molecule is Cc1ccc(NC(=O)c2cc3ccccc3oc2=O)cc1S(N)(=O)=O. The third-order valence-electron chi connectivity index (χ3n) is 3.64. The lowest BCUT2D eigenvalue weighted by Crippen LogP contribution is -2.21. The van der Waals surface area contributed by atoms with E-state index in [0.717, 1.165) is 0 Å². The Morgan fingerprint density at radius 1 is 1.12 bits per heavy atom. The van der Waals surface area contributed by atoms with Crippen molar-refractivity contribution in [3.63, 3.8) is 0 Å². The molecule has 0 aliphatic heterocycles. The highest BCUT2D eigenvalue weighted by atomic mass is 32.2. The number of amides is 1. The van der Waals surface area contributed by atoms with Gasteiger partial charge in [-0.3, -0.25) is 4.79 Å². The molecule has 0 bridgehead atoms. The van der Waals surface area contributed by atoms with Crippen molar-refractivity contribution < 1.29 is 17.6 Å². The average molecular weight is 358 g/mol. The van der Waals surface area contributed by atoms with E-state index < -0.39 is 21.6 Å². The van der Waals surface area contributed by atoms with Gasteiger partial charge in [0, 0.05) is 11.1 Å². The minimum absolute atomic E-state index is 0.101. The molecule has 0 saturated carbocycles. The molecule has 0 saturated heterocycles. The van der Waals surface area contributed by atoms with Crippen LogP contribution in [0.5, 0.6) is 0 Å². The monoisotopic (exact) mass is 358 g/mol. The van der Waals surface area contributed by atoms with Crippen molar-refractivity contribution in [2.75, 3.05) is 5.32 Å². The number of nitrogens with one attached hydrogen (secondary N) is 1. The highest BCUT2D eigenvalue weighted by Gasteiger charge is 2.16. The molecule has 0 spiro atoms. The van der Waals surface area contributed by atoms with Crippen molar-refractivity contribution in [1.29, 1.82) is 0 Å². The maximum Gasteiger partial charge on any atom is 0.349 e. The van der Waals surface area contributed by atoms with Gasteiger partial charge in [0.1, 0.15) is 11.1 Å². The molecular weight excluding hydrogens is 344 g/mol. The summed E-state index contributed by atoms with van der Waals surface area (Å²) in [6, 6.07) is 12.5. The Labute approximate surface area is 143 Å². The molecular formula is C17H14N2O5S. The fraction of sp³-hybridized carbons (Fsp3) is 0.0588. The molecule has 7 nitrogen and oxygen atoms in total. The number of hydrogen-bond acceptors (Lipinski definition) is 5. The van der Waals surface area contributed by atoms with Gasteiger partial charge in [0.05, 0.1) is 4.90 Å². The predicted octanol–water partition coefficient (Wildman–Crippen LogP) is 2.00. The van der Waals surface area contributed by atoms with Crippen LogP contribution in [0.25, 0.3) is 11.0 Å². The molecule has 128 valence electrons. The zero-order valence-corrected chi connectivity index (χ0v) is 14.0. The van der Waals surface area contributed by atoms with Gasteiger partial charge in [-0.2, -0.15) is 0 Å². The molecule has 0 aliphatic rings. The molecule has 0 aliphatic carbocycles. The molecule has 1 amide bonds. The van der Waals surface area contributed by atoms with Crippen LogP contribution in [0.2, 0.25) is 0 Å². The molecule has 0 fully saturated rings. The molecule has 3 rings (SSSR count). The molecule has 0 atom stereocenters. The number of anilines is 1. The second-order valence-electron chi connectivity index (χ2n) is 5.46. The van der Waals surface area contributed by atoms with Crippen molar-refractivity contribution in [1.82, 2.24) is 0 Å². The molecule has 8 heteroatoms. The van der Waals surface area contributed by atoms with Crippen LogP contribution in [0.15, 0.2) is 62.6 Å². The van der Waals surface area contributed by atoms with Gasteiger partial charge in [0.25, 0.3) is 5.91 Å². The van der Waals surface area contributed by atoms with Crippen LogP contribution in [0.3, 0.4) is 0 Å². The number of fused-ring (bicyclic) bond motifs is 1. The number of nitrogens with two attached hydrogens (primary N) is 1. The van der Waals surface area contributed by atoms with Crippen molar-refractivity contribution in [2.45, 2.75) is 11.8 Å². The van der Waals surface area contributed by atoms with E-state index in [2.05, 4.69) is 5.32 Å². The lowest BCUT2D eigenvalue weighted by Gasteiger charge is -2.09. The second-order valence-corrected chi connectivity index (χ2v) is 6.99. The van der Waals surface area contributed by atoms with E-state index >= 15 is 0 Å². The molecule has 3 N–H and O–H groups in total. The fourth-order valence-corrected chi connectivity index (χ4v) is 3.21. The third-order valence-corrected chi connectivity index (χ3v) is 4.69. The van der Waals surface area contributed by atoms with Crippen LogP contribution in [-0.4, -0.2) is 14.3 Å². The van der Waals surface area contributed by atoms with Gasteiger partial charge < -0.3 is 9.73 Å². The number of para-hydroxylation sites is 1. The van der Waals surface area contributed by atoms with E-state index in [9.17, 15) is 18.0 Å². The summed E-state index contributed by atoms with van der Waals surface area (Å²) in [5.74, 6) is -0.705. The normalized spacial score (nSPS) is 11.4. The standard InChI is InChI=1S/C17H14N2O5S/c1-10-6-7-12(9-15(10)25(18,22)23)19-16(20)13-8-11-4-2-3-5-14(11)24-17(13)21/h2-9H,1H3,(H,19,20)(H2,18,22,23). The summed E-state index contributed by atoms with van der Waals surface area (Å²) in [7, 11) is -3.92. The first kappa shape index (κ1) is 16.9. The van der Waals surface area contributed by atoms with Crippen LogP contribution in [0, 0.1) is 6.92 Å². The van der Waals surface area contributed by atoms with Crippen LogP contribution in [0.1, 0.15) is 15.9 Å². The molecule has 0 unspecified atom stereocenters. The van der Waals surface area contributed by atoms with Crippen LogP contribution in [0.4, 0.5) is 5.69 Å². The lowest BCUT2D eigenvalue weighted by atomic mass is 10.1. The van der Waals surface area contributed by atoms with E-state index in [-0.39, 0.29) is 16.1 Å². The minimum atomic E-state index is -3.92. The highest BCUT2D eigenvalue weighted by molar-refractivity contribution is 7.89. The van der Waals surface area contributed by atoms with E-state index in [0.29, 0.717) is 16.5 Å². The summed E-state index contributed by atoms with van der Waals surface area (Å²) in [6.07, 6.45) is 0. The predicted molar refractivity (Wildman–Crippen MR) is 93.0 cm³/mol. The summed E-state index contributed by atoms with van der Waals surface area (Å²) in [4.78, 5) is 24.3. The van der Waals surface area contributed by atoms with Crippen molar-refractivity contribution in [3.8, 4) is 0 Å². The Hall–Kier alpha value is -2.97. The van der Waals surface area contributed by atoms with Gasteiger partial charge in [-0.15, -0.1) is 0 Å². The van der Waals surface area contributed by atoms with Crippen molar-refractivity contribution in [2.24, 2.45) is 5.14 Å². The number of carbonyl (C=O) groups is 1. The first-order valence-corrected chi connectivity index (χ1v) is 8.78. The van der Waals surface area contributed by atoms with E-state index in [1.54, 1.807) is 31.2 Å². The molecule has 1 heterocycles. The summed E-state index contributed by atoms with van der Waals surface area (Å²) in [5.41, 5.74) is 0.0558. The van der Waals surface area contributed by atoms with Gasteiger partial charge in [-0.25, -0.2) is 18.4 Å². The minimum Gasteiger partial charge on any atom is -0.422 e. The van der Waals surface area contributed by atoms with Gasteiger partial charge >= 0.3 is 5.63 Å². The lowest BCUT2D eigenvalue weighted by molar-refractivity contribution is 0.102. The maximum absolute atomic E-state index is 12.4. The van der Waals surface area contributed by atoms with Gasteiger partial charge in [-0.1, -0.05) is 24.3 Å². The average Bonchev–Trinajstić information content (AvgIpc) is 2.54. The van der Waals surface area contributed by atoms with E-state index in [1.165, 1.54) is 24.3 Å². The van der Waals surface area contributed by atoms with Crippen LogP contribution >= 0.6 is 0 Å². The summed E-state index contributed by atoms with van der Waals surface area (Å²) < 4.78 is 28.2. The van der Waals surface area contributed by atoms with Crippen LogP contribution < -0.4 is 16.1 Å². The third kappa shape index (κ3) is 3.44. The van der Waals surface area contributed by atoms with Gasteiger partial charge in [-0.05, 0) is 36.8 Å². The Bertz CT molecular complexity index is 1150. The number of aryl methyl sites for hydroxylation is 1.